The molecule has 0 saturated carbocycles. The number of β-amino-alcohol motifs (C(OH)–C–C–N with tert-alkyl or cyclic N) is 2. The van der Waals surface area contributed by atoms with Gasteiger partial charge in [-0.15, -0.1) is 0 Å². The van der Waals surface area contributed by atoms with Crippen LogP contribution in [0.5, 0.6) is 5.75 Å². The number of aliphatic hydroxyl groups excluding tert-OH is 2. The van der Waals surface area contributed by atoms with Gasteiger partial charge in [-0.05, 0) is 12.1 Å². The van der Waals surface area contributed by atoms with Crippen LogP contribution in [0.3, 0.4) is 0 Å². The van der Waals surface area contributed by atoms with Gasteiger partial charge in [0.15, 0.2) is 0 Å². The van der Waals surface area contributed by atoms with Gasteiger partial charge in [-0.1, -0.05) is 6.07 Å². The normalized spacial score (nSPS) is 25.1. The second kappa shape index (κ2) is 5.44. The van der Waals surface area contributed by atoms with Crippen molar-refractivity contribution in [2.24, 2.45) is 0 Å². The van der Waals surface area contributed by atoms with E-state index in [2.05, 4.69) is 0 Å². The Morgan fingerprint density at radius 3 is 2.94 bits per heavy atom. The monoisotopic (exact) mass is 241 g/mol. The van der Waals surface area contributed by atoms with Crippen molar-refractivity contribution in [1.82, 2.24) is 4.90 Å². The molecule has 0 aliphatic carbocycles. The summed E-state index contributed by atoms with van der Waals surface area (Å²) in [5.41, 5.74) is 0. The van der Waals surface area contributed by atoms with E-state index in [0.717, 1.165) is 0 Å². The van der Waals surface area contributed by atoms with Crippen LogP contribution in [-0.4, -0.2) is 53.6 Å². The molecule has 5 heteroatoms. The lowest BCUT2D eigenvalue weighted by atomic mass is 10.2. The first-order valence-corrected chi connectivity index (χ1v) is 5.62. The third-order valence-corrected chi connectivity index (χ3v) is 2.81. The Hall–Kier alpha value is -1.17. The Bertz CT molecular complexity index is 375. The average Bonchev–Trinajstić information content (AvgIpc) is 2.60. The Morgan fingerprint density at radius 1 is 1.41 bits per heavy atom. The third-order valence-electron chi connectivity index (χ3n) is 2.81. The number of aliphatic hydroxyl groups is 2. The van der Waals surface area contributed by atoms with Gasteiger partial charge >= 0.3 is 0 Å². The van der Waals surface area contributed by atoms with Crippen molar-refractivity contribution in [2.45, 2.75) is 12.2 Å². The number of likely N-dealkylation sites (tertiary alicyclic amines) is 1. The highest BCUT2D eigenvalue weighted by atomic mass is 19.1. The second-order valence-electron chi connectivity index (χ2n) is 4.16. The first-order chi connectivity index (χ1) is 8.19. The fourth-order valence-electron chi connectivity index (χ4n) is 1.99. The van der Waals surface area contributed by atoms with Gasteiger partial charge < -0.3 is 14.9 Å². The van der Waals surface area contributed by atoms with Crippen molar-refractivity contribution in [1.29, 1.82) is 0 Å². The summed E-state index contributed by atoms with van der Waals surface area (Å²) in [5, 5.41) is 18.6. The van der Waals surface area contributed by atoms with Gasteiger partial charge in [0.2, 0.25) is 0 Å². The quantitative estimate of drug-likeness (QED) is 0.793. The zero-order valence-corrected chi connectivity index (χ0v) is 9.42. The van der Waals surface area contributed by atoms with Gasteiger partial charge in [-0.2, -0.15) is 0 Å². The molecule has 1 fully saturated rings. The maximum atomic E-state index is 12.9. The lowest BCUT2D eigenvalue weighted by Gasteiger charge is -2.16. The fourth-order valence-corrected chi connectivity index (χ4v) is 1.99. The van der Waals surface area contributed by atoms with E-state index in [0.29, 0.717) is 25.4 Å². The number of ether oxygens (including phenoxy) is 1. The van der Waals surface area contributed by atoms with Crippen LogP contribution in [0.4, 0.5) is 4.39 Å². The minimum absolute atomic E-state index is 0.0550. The zero-order valence-electron chi connectivity index (χ0n) is 9.42. The highest BCUT2D eigenvalue weighted by Crippen LogP contribution is 2.19. The van der Waals surface area contributed by atoms with Gasteiger partial charge in [0, 0.05) is 25.7 Å². The standard InChI is InChI=1S/C12H16FNO3/c13-9-2-1-3-10(6-9)17-12-8-14(4-5-15)7-11(12)16/h1-3,6,11-12,15-16H,4-5,7-8H2/t11-,12-/m1/s1. The van der Waals surface area contributed by atoms with E-state index in [1.807, 2.05) is 4.90 Å². The van der Waals surface area contributed by atoms with E-state index in [-0.39, 0.29) is 18.5 Å². The van der Waals surface area contributed by atoms with Crippen LogP contribution in [0.1, 0.15) is 0 Å². The molecule has 0 unspecified atom stereocenters. The number of rotatable bonds is 4. The van der Waals surface area contributed by atoms with Gasteiger partial charge in [0.25, 0.3) is 0 Å². The van der Waals surface area contributed by atoms with E-state index in [4.69, 9.17) is 9.84 Å². The minimum atomic E-state index is -0.607. The molecule has 17 heavy (non-hydrogen) atoms. The summed E-state index contributed by atoms with van der Waals surface area (Å²) < 4.78 is 18.5. The third kappa shape index (κ3) is 3.15. The van der Waals surface area contributed by atoms with E-state index < -0.39 is 6.10 Å². The summed E-state index contributed by atoms with van der Waals surface area (Å²) in [4.78, 5) is 1.91. The molecule has 0 bridgehead atoms. The van der Waals surface area contributed by atoms with E-state index >= 15 is 0 Å². The van der Waals surface area contributed by atoms with Gasteiger partial charge in [0.1, 0.15) is 23.8 Å². The first kappa shape index (κ1) is 12.3. The van der Waals surface area contributed by atoms with Crippen LogP contribution in [0, 0.1) is 5.82 Å². The first-order valence-electron chi connectivity index (χ1n) is 5.62. The Morgan fingerprint density at radius 2 is 2.24 bits per heavy atom. The molecule has 0 radical (unpaired) electrons. The molecule has 0 amide bonds. The molecule has 2 atom stereocenters. The van der Waals surface area contributed by atoms with E-state index in [1.54, 1.807) is 12.1 Å². The molecule has 94 valence electrons. The van der Waals surface area contributed by atoms with Crippen LogP contribution >= 0.6 is 0 Å². The van der Waals surface area contributed by atoms with Crippen LogP contribution in [0.15, 0.2) is 24.3 Å². The number of hydrogen-bond donors (Lipinski definition) is 2. The molecule has 1 aliphatic rings. The molecule has 2 N–H and O–H groups in total. The SMILES string of the molecule is OCCN1C[C@@H](O)[C@H](Oc2cccc(F)c2)C1. The lowest BCUT2D eigenvalue weighted by Crippen LogP contribution is -2.30. The maximum absolute atomic E-state index is 12.9. The number of nitrogens with zero attached hydrogens (tertiary/aromatic N) is 1. The molecular weight excluding hydrogens is 225 g/mol. The van der Waals surface area contributed by atoms with Crippen molar-refractivity contribution in [3.63, 3.8) is 0 Å². The molecule has 1 saturated heterocycles. The smallest absolute Gasteiger partial charge is 0.138 e. The molecule has 1 heterocycles. The van der Waals surface area contributed by atoms with Crippen molar-refractivity contribution in [2.75, 3.05) is 26.2 Å². The van der Waals surface area contributed by atoms with Crippen LogP contribution in [0.2, 0.25) is 0 Å². The average molecular weight is 241 g/mol. The molecule has 0 aromatic heterocycles. The lowest BCUT2D eigenvalue weighted by molar-refractivity contribution is 0.0734. The maximum Gasteiger partial charge on any atom is 0.138 e. The summed E-state index contributed by atoms with van der Waals surface area (Å²) in [7, 11) is 0. The molecular formula is C12H16FNO3. The fraction of sp³-hybridized carbons (Fsp3) is 0.500. The summed E-state index contributed by atoms with van der Waals surface area (Å²) in [5.74, 6) is 0.0575. The molecule has 4 nitrogen and oxygen atoms in total. The van der Waals surface area contributed by atoms with E-state index in [1.165, 1.54) is 12.1 Å². The van der Waals surface area contributed by atoms with Gasteiger partial charge in [0.05, 0.1) is 6.61 Å². The molecule has 1 aromatic rings. The predicted octanol–water partition coefficient (Wildman–Crippen LogP) is 0.242. The van der Waals surface area contributed by atoms with Crippen molar-refractivity contribution in [3.8, 4) is 5.75 Å². The number of benzene rings is 1. The predicted molar refractivity (Wildman–Crippen MR) is 60.3 cm³/mol. The number of hydrogen-bond acceptors (Lipinski definition) is 4. The highest BCUT2D eigenvalue weighted by molar-refractivity contribution is 5.23. The summed E-state index contributed by atoms with van der Waals surface area (Å²) in [6.07, 6.45) is -0.979. The summed E-state index contributed by atoms with van der Waals surface area (Å²) >= 11 is 0. The summed E-state index contributed by atoms with van der Waals surface area (Å²) in [6.45, 7) is 1.58. The molecule has 2 rings (SSSR count). The van der Waals surface area contributed by atoms with Gasteiger partial charge in [-0.3, -0.25) is 4.90 Å². The van der Waals surface area contributed by atoms with E-state index in [9.17, 15) is 9.50 Å². The van der Waals surface area contributed by atoms with Gasteiger partial charge in [-0.25, -0.2) is 4.39 Å². The zero-order chi connectivity index (χ0) is 12.3. The van der Waals surface area contributed by atoms with Crippen molar-refractivity contribution >= 4 is 0 Å². The van der Waals surface area contributed by atoms with Crippen LogP contribution < -0.4 is 4.74 Å². The Labute approximate surface area is 99.2 Å². The molecule has 1 aromatic carbocycles. The Kier molecular flexibility index (Phi) is 3.93. The summed E-state index contributed by atoms with van der Waals surface area (Å²) in [6, 6.07) is 5.86. The topological polar surface area (TPSA) is 52.9 Å². The highest BCUT2D eigenvalue weighted by Gasteiger charge is 2.32. The second-order valence-corrected chi connectivity index (χ2v) is 4.16. The Balaban J connectivity index is 1.95. The minimum Gasteiger partial charge on any atom is -0.486 e. The van der Waals surface area contributed by atoms with Crippen LogP contribution in [-0.2, 0) is 0 Å². The largest absolute Gasteiger partial charge is 0.486 e. The van der Waals surface area contributed by atoms with Crippen LogP contribution in [0.25, 0.3) is 0 Å². The molecule has 1 aliphatic heterocycles. The number of halogens is 1. The molecule has 0 spiro atoms. The van der Waals surface area contributed by atoms with Crippen molar-refractivity contribution < 1.29 is 19.3 Å². The van der Waals surface area contributed by atoms with Crippen molar-refractivity contribution in [3.05, 3.63) is 30.1 Å².